The molecule has 108 valence electrons. The van der Waals surface area contributed by atoms with E-state index in [1.54, 1.807) is 0 Å². The number of carbonyl (C=O) groups excluding carboxylic acids is 2. The molecule has 1 fully saturated rings. The number of nitrogens with zero attached hydrogens (tertiary/aromatic N) is 1. The Labute approximate surface area is 112 Å². The van der Waals surface area contributed by atoms with Crippen LogP contribution in [0.4, 0.5) is 4.79 Å². The van der Waals surface area contributed by atoms with Gasteiger partial charge < -0.3 is 20.6 Å². The SMILES string of the molecule is CCC(CC)NC(=O)N1CCNC(=O)C1CC(=O)O. The van der Waals surface area contributed by atoms with Crippen molar-refractivity contribution in [2.75, 3.05) is 13.1 Å². The fourth-order valence-electron chi connectivity index (χ4n) is 2.08. The molecule has 0 aliphatic carbocycles. The number of aliphatic carboxylic acids is 1. The van der Waals surface area contributed by atoms with E-state index in [0.717, 1.165) is 12.8 Å². The molecule has 3 N–H and O–H groups in total. The van der Waals surface area contributed by atoms with Gasteiger partial charge in [0.1, 0.15) is 6.04 Å². The molecule has 0 aromatic carbocycles. The Morgan fingerprint density at radius 1 is 1.47 bits per heavy atom. The lowest BCUT2D eigenvalue weighted by Gasteiger charge is -2.35. The topological polar surface area (TPSA) is 98.7 Å². The van der Waals surface area contributed by atoms with Crippen LogP contribution in [0, 0.1) is 0 Å². The second-order valence-corrected chi connectivity index (χ2v) is 4.56. The van der Waals surface area contributed by atoms with Crippen molar-refractivity contribution in [2.24, 2.45) is 0 Å². The van der Waals surface area contributed by atoms with Crippen LogP contribution >= 0.6 is 0 Å². The predicted molar refractivity (Wildman–Crippen MR) is 68.7 cm³/mol. The molecule has 0 aromatic rings. The third-order valence-electron chi connectivity index (χ3n) is 3.27. The van der Waals surface area contributed by atoms with Crippen molar-refractivity contribution in [2.45, 2.75) is 45.2 Å². The van der Waals surface area contributed by atoms with Crippen molar-refractivity contribution < 1.29 is 19.5 Å². The number of hydrogen-bond donors (Lipinski definition) is 3. The van der Waals surface area contributed by atoms with Gasteiger partial charge in [-0.05, 0) is 12.8 Å². The molecule has 1 atom stereocenters. The van der Waals surface area contributed by atoms with Crippen LogP contribution in [-0.2, 0) is 9.59 Å². The zero-order valence-electron chi connectivity index (χ0n) is 11.3. The number of rotatable bonds is 5. The molecule has 0 aromatic heterocycles. The molecule has 1 saturated heterocycles. The zero-order valence-corrected chi connectivity index (χ0v) is 11.3. The molecule has 0 saturated carbocycles. The molecule has 19 heavy (non-hydrogen) atoms. The van der Waals surface area contributed by atoms with Gasteiger partial charge in [-0.2, -0.15) is 0 Å². The van der Waals surface area contributed by atoms with E-state index in [4.69, 9.17) is 5.11 Å². The van der Waals surface area contributed by atoms with Gasteiger partial charge in [0.15, 0.2) is 0 Å². The first-order valence-corrected chi connectivity index (χ1v) is 6.56. The molecule has 3 amide bonds. The maximum absolute atomic E-state index is 12.1. The van der Waals surface area contributed by atoms with Crippen LogP contribution in [-0.4, -0.2) is 53.1 Å². The van der Waals surface area contributed by atoms with Crippen LogP contribution in [0.15, 0.2) is 0 Å². The van der Waals surface area contributed by atoms with E-state index in [9.17, 15) is 14.4 Å². The van der Waals surface area contributed by atoms with Crippen LogP contribution in [0.5, 0.6) is 0 Å². The highest BCUT2D eigenvalue weighted by atomic mass is 16.4. The Morgan fingerprint density at radius 3 is 2.63 bits per heavy atom. The van der Waals surface area contributed by atoms with Crippen LogP contribution < -0.4 is 10.6 Å². The second-order valence-electron chi connectivity index (χ2n) is 4.56. The summed E-state index contributed by atoms with van der Waals surface area (Å²) < 4.78 is 0. The van der Waals surface area contributed by atoms with Gasteiger partial charge in [0.05, 0.1) is 6.42 Å². The predicted octanol–water partition coefficient (Wildman–Crippen LogP) is 0.160. The number of amides is 3. The van der Waals surface area contributed by atoms with Crippen LogP contribution in [0.2, 0.25) is 0 Å². The summed E-state index contributed by atoms with van der Waals surface area (Å²) in [4.78, 5) is 35.9. The molecule has 0 bridgehead atoms. The van der Waals surface area contributed by atoms with E-state index < -0.39 is 17.9 Å². The molecule has 7 nitrogen and oxygen atoms in total. The minimum Gasteiger partial charge on any atom is -0.481 e. The largest absolute Gasteiger partial charge is 0.481 e. The van der Waals surface area contributed by atoms with Gasteiger partial charge in [-0.1, -0.05) is 13.8 Å². The summed E-state index contributed by atoms with van der Waals surface area (Å²) in [6, 6.07) is -1.25. The second kappa shape index (κ2) is 6.96. The monoisotopic (exact) mass is 271 g/mol. The zero-order chi connectivity index (χ0) is 14.4. The first kappa shape index (κ1) is 15.3. The third kappa shape index (κ3) is 4.11. The molecule has 7 heteroatoms. The van der Waals surface area contributed by atoms with Crippen molar-refractivity contribution in [3.05, 3.63) is 0 Å². The third-order valence-corrected chi connectivity index (χ3v) is 3.27. The average molecular weight is 271 g/mol. The van der Waals surface area contributed by atoms with Crippen LogP contribution in [0.1, 0.15) is 33.1 Å². The molecular weight excluding hydrogens is 250 g/mol. The molecule has 0 spiro atoms. The molecule has 1 aliphatic rings. The lowest BCUT2D eigenvalue weighted by atomic mass is 10.1. The molecule has 0 radical (unpaired) electrons. The molecule has 1 unspecified atom stereocenters. The number of carboxylic acid groups (broad SMARTS) is 1. The van der Waals surface area contributed by atoms with Crippen LogP contribution in [0.25, 0.3) is 0 Å². The summed E-state index contributed by atoms with van der Waals surface area (Å²) in [6.07, 6.45) is 1.22. The van der Waals surface area contributed by atoms with Crippen molar-refractivity contribution in [1.29, 1.82) is 0 Å². The van der Waals surface area contributed by atoms with Gasteiger partial charge in [0.2, 0.25) is 5.91 Å². The van der Waals surface area contributed by atoms with E-state index in [-0.39, 0.29) is 18.5 Å². The van der Waals surface area contributed by atoms with E-state index >= 15 is 0 Å². The first-order chi connectivity index (χ1) is 8.99. The lowest BCUT2D eigenvalue weighted by Crippen LogP contribution is -2.60. The highest BCUT2D eigenvalue weighted by Gasteiger charge is 2.35. The van der Waals surface area contributed by atoms with Crippen molar-refractivity contribution in [3.63, 3.8) is 0 Å². The fraction of sp³-hybridized carbons (Fsp3) is 0.750. The molecule has 1 aliphatic heterocycles. The van der Waals surface area contributed by atoms with Gasteiger partial charge in [0.25, 0.3) is 0 Å². The van der Waals surface area contributed by atoms with Gasteiger partial charge >= 0.3 is 12.0 Å². The van der Waals surface area contributed by atoms with E-state index in [1.165, 1.54) is 4.90 Å². The normalized spacial score (nSPS) is 19.2. The Kier molecular flexibility index (Phi) is 5.59. The fourth-order valence-corrected chi connectivity index (χ4v) is 2.08. The van der Waals surface area contributed by atoms with Gasteiger partial charge in [-0.25, -0.2) is 4.79 Å². The summed E-state index contributed by atoms with van der Waals surface area (Å²) >= 11 is 0. The first-order valence-electron chi connectivity index (χ1n) is 6.56. The smallest absolute Gasteiger partial charge is 0.318 e. The summed E-state index contributed by atoms with van der Waals surface area (Å²) in [5.41, 5.74) is 0. The minimum absolute atomic E-state index is 0.0444. The minimum atomic E-state index is -1.10. The van der Waals surface area contributed by atoms with Crippen LogP contribution in [0.3, 0.4) is 0 Å². The van der Waals surface area contributed by atoms with Gasteiger partial charge in [0, 0.05) is 19.1 Å². The maximum atomic E-state index is 12.1. The van der Waals surface area contributed by atoms with E-state index in [1.807, 2.05) is 13.8 Å². The van der Waals surface area contributed by atoms with Crippen molar-refractivity contribution in [1.82, 2.24) is 15.5 Å². The average Bonchev–Trinajstić information content (AvgIpc) is 2.37. The maximum Gasteiger partial charge on any atom is 0.318 e. The number of nitrogens with one attached hydrogen (secondary N) is 2. The number of carboxylic acids is 1. The summed E-state index contributed by atoms with van der Waals surface area (Å²) in [5, 5.41) is 14.2. The molecular formula is C12H21N3O4. The molecule has 1 rings (SSSR count). The summed E-state index contributed by atoms with van der Waals surface area (Å²) in [5.74, 6) is -1.50. The Morgan fingerprint density at radius 2 is 2.11 bits per heavy atom. The number of piperazine rings is 1. The Balaban J connectivity index is 2.73. The summed E-state index contributed by atoms with van der Waals surface area (Å²) in [7, 11) is 0. The van der Waals surface area contributed by atoms with Crippen molar-refractivity contribution >= 4 is 17.9 Å². The summed E-state index contributed by atoms with van der Waals surface area (Å²) in [6.45, 7) is 4.61. The number of urea groups is 1. The quantitative estimate of drug-likeness (QED) is 0.663. The van der Waals surface area contributed by atoms with E-state index in [2.05, 4.69) is 10.6 Å². The number of carbonyl (C=O) groups is 3. The standard InChI is InChI=1S/C12H21N3O4/c1-3-8(4-2)14-12(19)15-6-5-13-11(18)9(15)7-10(16)17/h8-9H,3-7H2,1-2H3,(H,13,18)(H,14,19)(H,16,17). The number of hydrogen-bond acceptors (Lipinski definition) is 3. The highest BCUT2D eigenvalue weighted by molar-refractivity contribution is 5.91. The highest BCUT2D eigenvalue weighted by Crippen LogP contribution is 2.10. The van der Waals surface area contributed by atoms with Gasteiger partial charge in [-0.3, -0.25) is 9.59 Å². The van der Waals surface area contributed by atoms with Crippen molar-refractivity contribution in [3.8, 4) is 0 Å². The lowest BCUT2D eigenvalue weighted by molar-refractivity contribution is -0.142. The Hall–Kier alpha value is -1.79. The Bertz CT molecular complexity index is 355. The van der Waals surface area contributed by atoms with E-state index in [0.29, 0.717) is 13.1 Å². The van der Waals surface area contributed by atoms with Gasteiger partial charge in [-0.15, -0.1) is 0 Å². The molecule has 1 heterocycles.